The Morgan fingerprint density at radius 3 is 1.60 bits per heavy atom. The highest BCUT2D eigenvalue weighted by atomic mass is 16.8. The molecule has 4 heterocycles. The highest BCUT2D eigenvalue weighted by molar-refractivity contribution is 5.73. The van der Waals surface area contributed by atoms with Crippen LogP contribution in [0.25, 0.3) is 0 Å². The topological polar surface area (TPSA) is 316 Å². The van der Waals surface area contributed by atoms with Crippen molar-refractivity contribution in [2.45, 2.75) is 157 Å². The minimum Gasteiger partial charge on any atom is -0.394 e. The number of nitrogens with one attached hydrogen (secondary N) is 1. The lowest BCUT2D eigenvalue weighted by atomic mass is 9.80. The lowest BCUT2D eigenvalue weighted by Crippen LogP contribution is -2.71. The van der Waals surface area contributed by atoms with Crippen molar-refractivity contribution in [2.75, 3.05) is 19.8 Å². The van der Waals surface area contributed by atoms with Crippen LogP contribution in [0.3, 0.4) is 0 Å². The lowest BCUT2D eigenvalue weighted by molar-refractivity contribution is -0.382. The van der Waals surface area contributed by atoms with Crippen molar-refractivity contribution >= 4 is 5.91 Å². The van der Waals surface area contributed by atoms with Crippen LogP contribution >= 0.6 is 0 Å². The van der Waals surface area contributed by atoms with E-state index >= 15 is 0 Å². The standard InChI is InChI=1S/C30H53NO19/c1-9-15(36)18(39)20(41)28(44-9)49-24-14(31-10(2)35)27(50-25-17(38)12(7-33)45-26(22(25)43)30(3,4)5)47-13(8-34)23(24)48-29-21(42)19(40)16(37)11(6-32)46-29/h9,11-29,32-34,36-43H,6-8H2,1-5H3,(H,31,35). The van der Waals surface area contributed by atoms with Gasteiger partial charge in [0, 0.05) is 6.92 Å². The first-order valence-electron chi connectivity index (χ1n) is 16.5. The molecule has 20 atom stereocenters. The van der Waals surface area contributed by atoms with Gasteiger partial charge in [-0.15, -0.1) is 0 Å². The van der Waals surface area contributed by atoms with Crippen LogP contribution in [0.1, 0.15) is 34.6 Å². The van der Waals surface area contributed by atoms with Crippen LogP contribution in [-0.4, -0.2) is 204 Å². The minimum atomic E-state index is -1.94. The van der Waals surface area contributed by atoms with Crippen LogP contribution in [0, 0.1) is 5.41 Å². The fourth-order valence-corrected chi connectivity index (χ4v) is 6.61. The van der Waals surface area contributed by atoms with E-state index in [-0.39, 0.29) is 0 Å². The van der Waals surface area contributed by atoms with Gasteiger partial charge < -0.3 is 94.6 Å². The third-order valence-corrected chi connectivity index (χ3v) is 9.45. The highest BCUT2D eigenvalue weighted by Gasteiger charge is 2.57. The fourth-order valence-electron chi connectivity index (χ4n) is 6.61. The Hall–Kier alpha value is -1.25. The minimum absolute atomic E-state index is 0.662. The molecule has 0 saturated carbocycles. The van der Waals surface area contributed by atoms with Gasteiger partial charge in [-0.1, -0.05) is 20.8 Å². The Kier molecular flexibility index (Phi) is 14.0. The van der Waals surface area contributed by atoms with Gasteiger partial charge in [-0.2, -0.15) is 0 Å². The van der Waals surface area contributed by atoms with Gasteiger partial charge in [0.05, 0.1) is 32.0 Å². The number of hydrogen-bond donors (Lipinski definition) is 12. The number of amides is 1. The summed E-state index contributed by atoms with van der Waals surface area (Å²) in [5, 5.41) is 118. The SMILES string of the molecule is CC(=O)NC1C(OC2C(O)C(CO)OC(C(C)(C)C)C2O)OC(CO)C(OC2OC(CO)C(O)C(O)C2O)C1OC1OC(C)C(O)C(O)C1O. The third kappa shape index (κ3) is 8.59. The van der Waals surface area contributed by atoms with Crippen LogP contribution in [-0.2, 0) is 38.0 Å². The number of aliphatic hydroxyl groups excluding tert-OH is 11. The number of aliphatic hydroxyl groups is 11. The molecule has 4 aliphatic rings. The molecule has 0 spiro atoms. The molecule has 0 aromatic heterocycles. The van der Waals surface area contributed by atoms with Crippen LogP contribution in [0.2, 0.25) is 0 Å². The summed E-state index contributed by atoms with van der Waals surface area (Å²) in [6.45, 7) is 5.38. The molecule has 0 aromatic carbocycles. The van der Waals surface area contributed by atoms with E-state index < -0.39 is 154 Å². The molecule has 0 bridgehead atoms. The number of carbonyl (C=O) groups excluding carboxylic acids is 1. The number of rotatable bonds is 10. The molecule has 20 heteroatoms. The van der Waals surface area contributed by atoms with E-state index in [4.69, 9.17) is 33.2 Å². The van der Waals surface area contributed by atoms with Crippen molar-refractivity contribution < 1.29 is 94.1 Å². The van der Waals surface area contributed by atoms with E-state index in [9.17, 15) is 61.0 Å². The van der Waals surface area contributed by atoms with E-state index in [1.165, 1.54) is 6.92 Å². The van der Waals surface area contributed by atoms with Gasteiger partial charge in [0.15, 0.2) is 18.9 Å². The van der Waals surface area contributed by atoms with Crippen molar-refractivity contribution in [3.8, 4) is 0 Å². The van der Waals surface area contributed by atoms with E-state index in [1.54, 1.807) is 20.8 Å². The molecular weight excluding hydrogens is 678 g/mol. The largest absolute Gasteiger partial charge is 0.394 e. The Bertz CT molecular complexity index is 1100. The molecule has 0 aliphatic carbocycles. The van der Waals surface area contributed by atoms with Crippen LogP contribution in [0.15, 0.2) is 0 Å². The average Bonchev–Trinajstić information content (AvgIpc) is 3.05. The first kappa shape index (κ1) is 41.5. The first-order valence-corrected chi connectivity index (χ1v) is 16.5. The average molecular weight is 732 g/mol. The molecule has 4 rings (SSSR count). The highest BCUT2D eigenvalue weighted by Crippen LogP contribution is 2.38. The summed E-state index contributed by atoms with van der Waals surface area (Å²) in [7, 11) is 0. The van der Waals surface area contributed by atoms with Crippen molar-refractivity contribution in [3.05, 3.63) is 0 Å². The molecule has 12 N–H and O–H groups in total. The molecule has 20 nitrogen and oxygen atoms in total. The molecule has 0 aromatic rings. The molecule has 0 radical (unpaired) electrons. The van der Waals surface area contributed by atoms with E-state index in [0.717, 1.165) is 6.92 Å². The molecule has 4 saturated heterocycles. The number of carbonyl (C=O) groups is 1. The summed E-state index contributed by atoms with van der Waals surface area (Å²) in [5.74, 6) is -0.711. The van der Waals surface area contributed by atoms with Gasteiger partial charge in [-0.25, -0.2) is 0 Å². The fraction of sp³-hybridized carbons (Fsp3) is 0.967. The van der Waals surface area contributed by atoms with Gasteiger partial charge in [0.25, 0.3) is 0 Å². The van der Waals surface area contributed by atoms with Crippen molar-refractivity contribution in [1.82, 2.24) is 5.32 Å². The molecule has 50 heavy (non-hydrogen) atoms. The first-order chi connectivity index (χ1) is 23.4. The third-order valence-electron chi connectivity index (χ3n) is 9.45. The van der Waals surface area contributed by atoms with Crippen molar-refractivity contribution in [3.63, 3.8) is 0 Å². The summed E-state index contributed by atoms with van der Waals surface area (Å²) >= 11 is 0. The maximum absolute atomic E-state index is 12.6. The zero-order valence-corrected chi connectivity index (χ0v) is 28.4. The second kappa shape index (κ2) is 16.8. The van der Waals surface area contributed by atoms with Gasteiger partial charge in [0.1, 0.15) is 91.5 Å². The van der Waals surface area contributed by atoms with Crippen molar-refractivity contribution in [2.24, 2.45) is 5.41 Å². The molecule has 4 aliphatic heterocycles. The van der Waals surface area contributed by atoms with Crippen LogP contribution < -0.4 is 5.32 Å². The number of hydrogen-bond acceptors (Lipinski definition) is 19. The van der Waals surface area contributed by atoms with E-state index in [0.29, 0.717) is 0 Å². The monoisotopic (exact) mass is 731 g/mol. The Morgan fingerprint density at radius 2 is 1.06 bits per heavy atom. The van der Waals surface area contributed by atoms with Gasteiger partial charge in [-0.3, -0.25) is 4.79 Å². The normalized spacial score (nSPS) is 49.0. The second-order valence-electron chi connectivity index (χ2n) is 14.3. The van der Waals surface area contributed by atoms with E-state index in [2.05, 4.69) is 5.32 Å². The number of ether oxygens (including phenoxy) is 7. The molecule has 4 fully saturated rings. The zero-order chi connectivity index (χ0) is 37.4. The zero-order valence-electron chi connectivity index (χ0n) is 28.4. The van der Waals surface area contributed by atoms with E-state index in [1.807, 2.05) is 0 Å². The Labute approximate surface area is 288 Å². The maximum atomic E-state index is 12.6. The molecule has 292 valence electrons. The Balaban J connectivity index is 1.75. The smallest absolute Gasteiger partial charge is 0.217 e. The molecule has 20 unspecified atom stereocenters. The lowest BCUT2D eigenvalue weighted by Gasteiger charge is -2.52. The van der Waals surface area contributed by atoms with Crippen molar-refractivity contribution in [1.29, 1.82) is 0 Å². The summed E-state index contributed by atoms with van der Waals surface area (Å²) in [5.41, 5.74) is -0.737. The summed E-state index contributed by atoms with van der Waals surface area (Å²) in [4.78, 5) is 12.6. The summed E-state index contributed by atoms with van der Waals surface area (Å²) in [6.07, 6.45) is -30.3. The second-order valence-corrected chi connectivity index (χ2v) is 14.3. The predicted molar refractivity (Wildman–Crippen MR) is 161 cm³/mol. The van der Waals surface area contributed by atoms with Gasteiger partial charge in [-0.05, 0) is 12.3 Å². The quantitative estimate of drug-likeness (QED) is 0.0994. The van der Waals surface area contributed by atoms with Gasteiger partial charge in [0.2, 0.25) is 5.91 Å². The molecular formula is C30H53NO19. The van der Waals surface area contributed by atoms with Crippen LogP contribution in [0.5, 0.6) is 0 Å². The maximum Gasteiger partial charge on any atom is 0.217 e. The Morgan fingerprint density at radius 1 is 0.580 bits per heavy atom. The van der Waals surface area contributed by atoms with Gasteiger partial charge >= 0.3 is 0 Å². The summed E-state index contributed by atoms with van der Waals surface area (Å²) in [6, 6.07) is -1.54. The summed E-state index contributed by atoms with van der Waals surface area (Å²) < 4.78 is 41.2. The predicted octanol–water partition coefficient (Wildman–Crippen LogP) is -6.48. The van der Waals surface area contributed by atoms with Crippen LogP contribution in [0.4, 0.5) is 0 Å². The molecule has 1 amide bonds.